The lowest BCUT2D eigenvalue weighted by molar-refractivity contribution is -0.898. The van der Waals surface area contributed by atoms with Crippen molar-refractivity contribution in [3.8, 4) is 16.9 Å². The molecule has 0 spiro atoms. The van der Waals surface area contributed by atoms with E-state index in [0.29, 0.717) is 5.75 Å². The van der Waals surface area contributed by atoms with Gasteiger partial charge in [-0.1, -0.05) is 48.5 Å². The number of hydrogen-bond acceptors (Lipinski definition) is 3. The second-order valence-corrected chi connectivity index (χ2v) is 7.84. The van der Waals surface area contributed by atoms with Gasteiger partial charge in [-0.25, -0.2) is 0 Å². The van der Waals surface area contributed by atoms with Crippen molar-refractivity contribution >= 4 is 17.3 Å². The molecule has 1 saturated heterocycles. The molecule has 1 heterocycles. The van der Waals surface area contributed by atoms with Gasteiger partial charge >= 0.3 is 0 Å². The fourth-order valence-electron chi connectivity index (χ4n) is 3.98. The zero-order chi connectivity index (χ0) is 21.5. The molecule has 1 aliphatic heterocycles. The molecule has 4 rings (SSSR count). The van der Waals surface area contributed by atoms with Crippen molar-refractivity contribution in [1.29, 1.82) is 0 Å². The molecule has 1 fully saturated rings. The number of carbonyl (C=O) groups is 1. The first-order chi connectivity index (χ1) is 15.2. The lowest BCUT2D eigenvalue weighted by Gasteiger charge is -2.33. The predicted molar refractivity (Wildman–Crippen MR) is 126 cm³/mol. The van der Waals surface area contributed by atoms with Crippen LogP contribution in [0, 0.1) is 0 Å². The second kappa shape index (κ2) is 10.1. The molecule has 5 nitrogen and oxygen atoms in total. The molecule has 0 unspecified atom stereocenters. The summed E-state index contributed by atoms with van der Waals surface area (Å²) < 4.78 is 5.84. The molecule has 1 aliphatic rings. The third-order valence-corrected chi connectivity index (χ3v) is 5.82. The van der Waals surface area contributed by atoms with Crippen LogP contribution in [-0.4, -0.2) is 45.2 Å². The molecule has 0 saturated carbocycles. The average Bonchev–Trinajstić information content (AvgIpc) is 2.84. The second-order valence-electron chi connectivity index (χ2n) is 7.84. The van der Waals surface area contributed by atoms with Gasteiger partial charge < -0.3 is 19.9 Å². The molecule has 0 radical (unpaired) electrons. The molecule has 2 N–H and O–H groups in total. The van der Waals surface area contributed by atoms with E-state index in [4.69, 9.17) is 4.74 Å². The van der Waals surface area contributed by atoms with Gasteiger partial charge in [0, 0.05) is 16.9 Å². The number of anilines is 2. The standard InChI is InChI=1S/C26H29N3O2/c1-2-28-16-18-29(19-17-28)23-14-12-22(13-15-23)27-26(30)20-31-25-11-7-6-10-24(25)21-8-4-3-5-9-21/h3-15H,2,16-20H2,1H3,(H,27,30)/p+1. The number of nitrogens with zero attached hydrogens (tertiary/aromatic N) is 1. The van der Waals surface area contributed by atoms with Crippen molar-refractivity contribution in [2.45, 2.75) is 6.92 Å². The van der Waals surface area contributed by atoms with E-state index in [-0.39, 0.29) is 12.5 Å². The Morgan fingerprint density at radius 3 is 2.32 bits per heavy atom. The van der Waals surface area contributed by atoms with Crippen LogP contribution in [0.25, 0.3) is 11.1 Å². The van der Waals surface area contributed by atoms with Gasteiger partial charge in [-0.3, -0.25) is 4.79 Å². The van der Waals surface area contributed by atoms with Crippen LogP contribution in [0.3, 0.4) is 0 Å². The van der Waals surface area contributed by atoms with Crippen molar-refractivity contribution in [3.05, 3.63) is 78.9 Å². The zero-order valence-electron chi connectivity index (χ0n) is 18.0. The minimum atomic E-state index is -0.171. The summed E-state index contributed by atoms with van der Waals surface area (Å²) in [7, 11) is 0. The van der Waals surface area contributed by atoms with Crippen LogP contribution in [0.5, 0.6) is 5.75 Å². The number of hydrogen-bond donors (Lipinski definition) is 2. The topological polar surface area (TPSA) is 46.0 Å². The van der Waals surface area contributed by atoms with E-state index in [9.17, 15) is 4.79 Å². The highest BCUT2D eigenvalue weighted by Crippen LogP contribution is 2.29. The fourth-order valence-corrected chi connectivity index (χ4v) is 3.98. The van der Waals surface area contributed by atoms with Gasteiger partial charge in [0.1, 0.15) is 5.75 Å². The quantitative estimate of drug-likeness (QED) is 0.622. The van der Waals surface area contributed by atoms with Gasteiger partial charge in [-0.05, 0) is 42.8 Å². The summed E-state index contributed by atoms with van der Waals surface area (Å²) in [6.45, 7) is 7.90. The minimum Gasteiger partial charge on any atom is -0.483 e. The Labute approximate surface area is 184 Å². The summed E-state index contributed by atoms with van der Waals surface area (Å²) in [5.74, 6) is 0.531. The first kappa shape index (κ1) is 20.9. The molecular formula is C26H30N3O2+. The van der Waals surface area contributed by atoms with Gasteiger partial charge in [0.15, 0.2) is 6.61 Å². The molecule has 1 amide bonds. The van der Waals surface area contributed by atoms with Crippen molar-refractivity contribution < 1.29 is 14.4 Å². The van der Waals surface area contributed by atoms with Crippen molar-refractivity contribution in [1.82, 2.24) is 0 Å². The minimum absolute atomic E-state index is 0.0344. The molecule has 0 atom stereocenters. The highest BCUT2D eigenvalue weighted by atomic mass is 16.5. The molecule has 31 heavy (non-hydrogen) atoms. The number of piperazine rings is 1. The number of ether oxygens (including phenoxy) is 1. The highest BCUT2D eigenvalue weighted by Gasteiger charge is 2.18. The van der Waals surface area contributed by atoms with Gasteiger partial charge in [0.2, 0.25) is 0 Å². The summed E-state index contributed by atoms with van der Waals surface area (Å²) in [4.78, 5) is 16.5. The van der Waals surface area contributed by atoms with Crippen LogP contribution in [0.2, 0.25) is 0 Å². The maximum atomic E-state index is 12.4. The number of nitrogens with one attached hydrogen (secondary N) is 2. The van der Waals surface area contributed by atoms with Crippen LogP contribution in [0.1, 0.15) is 6.92 Å². The Kier molecular flexibility index (Phi) is 6.85. The average molecular weight is 417 g/mol. The van der Waals surface area contributed by atoms with Crippen molar-refractivity contribution in [3.63, 3.8) is 0 Å². The number of quaternary nitrogens is 1. The Balaban J connectivity index is 1.32. The smallest absolute Gasteiger partial charge is 0.262 e. The third kappa shape index (κ3) is 5.44. The number of rotatable bonds is 7. The van der Waals surface area contributed by atoms with Crippen LogP contribution >= 0.6 is 0 Å². The first-order valence-corrected chi connectivity index (χ1v) is 11.0. The van der Waals surface area contributed by atoms with E-state index in [1.807, 2.05) is 66.7 Å². The third-order valence-electron chi connectivity index (χ3n) is 5.82. The summed E-state index contributed by atoms with van der Waals surface area (Å²) in [5, 5.41) is 2.93. The van der Waals surface area contributed by atoms with Crippen LogP contribution in [-0.2, 0) is 4.79 Å². The molecule has 160 valence electrons. The maximum absolute atomic E-state index is 12.4. The van der Waals surface area contributed by atoms with Crippen LogP contribution in [0.15, 0.2) is 78.9 Å². The van der Waals surface area contributed by atoms with E-state index in [0.717, 1.165) is 29.9 Å². The number of benzene rings is 3. The number of para-hydroxylation sites is 1. The number of likely N-dealkylation sites (N-methyl/N-ethyl adjacent to an activating group) is 1. The lowest BCUT2D eigenvalue weighted by atomic mass is 10.1. The van der Waals surface area contributed by atoms with E-state index in [1.54, 1.807) is 4.90 Å². The Hall–Kier alpha value is -3.31. The van der Waals surface area contributed by atoms with Crippen LogP contribution < -0.4 is 19.9 Å². The van der Waals surface area contributed by atoms with Crippen molar-refractivity contribution in [2.75, 3.05) is 49.5 Å². The SMILES string of the molecule is CC[NH+]1CCN(c2ccc(NC(=O)COc3ccccc3-c3ccccc3)cc2)CC1. The molecule has 3 aromatic carbocycles. The van der Waals surface area contributed by atoms with Crippen molar-refractivity contribution in [2.24, 2.45) is 0 Å². The predicted octanol–water partition coefficient (Wildman–Crippen LogP) is 3.10. The fraction of sp³-hybridized carbons (Fsp3) is 0.269. The van der Waals surface area contributed by atoms with E-state index >= 15 is 0 Å². The van der Waals surface area contributed by atoms with E-state index < -0.39 is 0 Å². The maximum Gasteiger partial charge on any atom is 0.262 e. The van der Waals surface area contributed by atoms with Crippen LogP contribution in [0.4, 0.5) is 11.4 Å². The summed E-state index contributed by atoms with van der Waals surface area (Å²) in [5.41, 5.74) is 4.04. The molecule has 5 heteroatoms. The molecule has 0 aromatic heterocycles. The molecular weight excluding hydrogens is 386 g/mol. The summed E-state index contributed by atoms with van der Waals surface area (Å²) in [6.07, 6.45) is 0. The van der Waals surface area contributed by atoms with Gasteiger partial charge in [-0.2, -0.15) is 0 Å². The Morgan fingerprint density at radius 1 is 0.935 bits per heavy atom. The molecule has 0 bridgehead atoms. The molecule has 0 aliphatic carbocycles. The van der Waals surface area contributed by atoms with E-state index in [1.165, 1.54) is 25.3 Å². The van der Waals surface area contributed by atoms with Gasteiger partial charge in [0.05, 0.1) is 32.7 Å². The van der Waals surface area contributed by atoms with E-state index in [2.05, 4.69) is 29.3 Å². The zero-order valence-corrected chi connectivity index (χ0v) is 18.0. The molecule has 3 aromatic rings. The lowest BCUT2D eigenvalue weighted by Crippen LogP contribution is -3.14. The largest absolute Gasteiger partial charge is 0.483 e. The Morgan fingerprint density at radius 2 is 1.61 bits per heavy atom. The normalized spacial score (nSPS) is 14.3. The van der Waals surface area contributed by atoms with Gasteiger partial charge in [-0.15, -0.1) is 0 Å². The van der Waals surface area contributed by atoms with Gasteiger partial charge in [0.25, 0.3) is 5.91 Å². The Bertz CT molecular complexity index is 981. The monoisotopic (exact) mass is 416 g/mol. The summed E-state index contributed by atoms with van der Waals surface area (Å²) in [6, 6.07) is 25.9. The first-order valence-electron chi connectivity index (χ1n) is 11.0. The summed E-state index contributed by atoms with van der Waals surface area (Å²) >= 11 is 0. The number of carbonyl (C=O) groups excluding carboxylic acids is 1. The number of amides is 1. The highest BCUT2D eigenvalue weighted by molar-refractivity contribution is 5.92.